The zero-order chi connectivity index (χ0) is 11.3. The SMILES string of the molecule is [CH2]N1CC(C)(C)S(=O)(=O)c2ccccc21. The van der Waals surface area contributed by atoms with Crippen LogP contribution < -0.4 is 4.90 Å². The third-order valence-electron chi connectivity index (χ3n) is 2.79. The number of hydrogen-bond acceptors (Lipinski definition) is 3. The zero-order valence-electron chi connectivity index (χ0n) is 8.90. The number of nitrogens with zero attached hydrogens (tertiary/aromatic N) is 1. The molecule has 3 nitrogen and oxygen atoms in total. The number of rotatable bonds is 0. The van der Waals surface area contributed by atoms with Crippen molar-refractivity contribution < 1.29 is 8.42 Å². The first-order valence-electron chi connectivity index (χ1n) is 4.78. The lowest BCUT2D eigenvalue weighted by molar-refractivity contribution is 0.537. The van der Waals surface area contributed by atoms with Gasteiger partial charge >= 0.3 is 0 Å². The maximum atomic E-state index is 12.2. The first-order valence-corrected chi connectivity index (χ1v) is 6.26. The predicted octanol–water partition coefficient (Wildman–Crippen LogP) is 1.85. The fourth-order valence-corrected chi connectivity index (χ4v) is 3.52. The monoisotopic (exact) mass is 224 g/mol. The molecule has 0 bridgehead atoms. The summed E-state index contributed by atoms with van der Waals surface area (Å²) >= 11 is 0. The minimum Gasteiger partial charge on any atom is -0.367 e. The van der Waals surface area contributed by atoms with Gasteiger partial charge in [-0.05, 0) is 26.0 Å². The van der Waals surface area contributed by atoms with Crippen molar-refractivity contribution in [1.82, 2.24) is 0 Å². The molecule has 0 unspecified atom stereocenters. The van der Waals surface area contributed by atoms with Gasteiger partial charge in [-0.15, -0.1) is 0 Å². The number of fused-ring (bicyclic) bond motifs is 1. The van der Waals surface area contributed by atoms with Crippen LogP contribution in [0.3, 0.4) is 0 Å². The molecule has 1 radical (unpaired) electrons. The number of benzene rings is 1. The summed E-state index contributed by atoms with van der Waals surface area (Å²) in [6, 6.07) is 7.00. The first kappa shape index (κ1) is 10.5. The molecule has 0 saturated heterocycles. The molecular weight excluding hydrogens is 210 g/mol. The molecule has 0 aliphatic carbocycles. The molecule has 15 heavy (non-hydrogen) atoms. The van der Waals surface area contributed by atoms with E-state index in [9.17, 15) is 8.42 Å². The van der Waals surface area contributed by atoms with Crippen molar-refractivity contribution in [2.24, 2.45) is 0 Å². The maximum absolute atomic E-state index is 12.2. The Bertz CT molecular complexity index is 491. The van der Waals surface area contributed by atoms with Crippen molar-refractivity contribution >= 4 is 15.5 Å². The van der Waals surface area contributed by atoms with Crippen LogP contribution in [-0.2, 0) is 9.84 Å². The Kier molecular flexibility index (Phi) is 2.08. The van der Waals surface area contributed by atoms with Crippen LogP contribution in [0.1, 0.15) is 13.8 Å². The molecule has 0 saturated carbocycles. The average molecular weight is 224 g/mol. The lowest BCUT2D eigenvalue weighted by atomic mass is 10.1. The van der Waals surface area contributed by atoms with Gasteiger partial charge in [-0.1, -0.05) is 12.1 Å². The van der Waals surface area contributed by atoms with Crippen molar-refractivity contribution in [2.45, 2.75) is 23.5 Å². The summed E-state index contributed by atoms with van der Waals surface area (Å²) in [5.74, 6) is 0. The molecule has 1 aromatic rings. The summed E-state index contributed by atoms with van der Waals surface area (Å²) in [6.45, 7) is 3.89. The van der Waals surface area contributed by atoms with Crippen molar-refractivity contribution in [3.05, 3.63) is 31.3 Å². The van der Waals surface area contributed by atoms with Gasteiger partial charge in [0.15, 0.2) is 9.84 Å². The van der Waals surface area contributed by atoms with Crippen molar-refractivity contribution in [1.29, 1.82) is 0 Å². The van der Waals surface area contributed by atoms with Gasteiger partial charge in [0.25, 0.3) is 0 Å². The highest BCUT2D eigenvalue weighted by Crippen LogP contribution is 2.38. The Labute approximate surface area is 90.6 Å². The van der Waals surface area contributed by atoms with Crippen LogP contribution in [0.25, 0.3) is 0 Å². The van der Waals surface area contributed by atoms with Crippen LogP contribution in [0.15, 0.2) is 29.2 Å². The van der Waals surface area contributed by atoms with E-state index in [4.69, 9.17) is 0 Å². The Hall–Kier alpha value is -1.03. The highest BCUT2D eigenvalue weighted by molar-refractivity contribution is 7.93. The van der Waals surface area contributed by atoms with Gasteiger partial charge in [0.05, 0.1) is 15.3 Å². The molecule has 0 fully saturated rings. The lowest BCUT2D eigenvalue weighted by Crippen LogP contribution is -2.46. The second-order valence-electron chi connectivity index (χ2n) is 4.43. The van der Waals surface area contributed by atoms with Crippen LogP contribution in [0.2, 0.25) is 0 Å². The van der Waals surface area contributed by atoms with E-state index in [1.165, 1.54) is 0 Å². The Morgan fingerprint density at radius 3 is 2.60 bits per heavy atom. The van der Waals surface area contributed by atoms with Crippen LogP contribution in [0.5, 0.6) is 0 Å². The molecule has 0 N–H and O–H groups in total. The summed E-state index contributed by atoms with van der Waals surface area (Å²) in [5.41, 5.74) is 0.692. The first-order chi connectivity index (χ1) is 6.86. The Morgan fingerprint density at radius 1 is 1.33 bits per heavy atom. The van der Waals surface area contributed by atoms with E-state index < -0.39 is 14.6 Å². The normalized spacial score (nSPS) is 22.2. The van der Waals surface area contributed by atoms with E-state index in [-0.39, 0.29) is 0 Å². The molecule has 1 aliphatic rings. The van der Waals surface area contributed by atoms with E-state index in [2.05, 4.69) is 7.05 Å². The summed E-state index contributed by atoms with van der Waals surface area (Å²) in [4.78, 5) is 2.13. The topological polar surface area (TPSA) is 37.4 Å². The van der Waals surface area contributed by atoms with Gasteiger partial charge in [-0.3, -0.25) is 0 Å². The molecule has 0 spiro atoms. The van der Waals surface area contributed by atoms with Crippen LogP contribution in [-0.4, -0.2) is 19.7 Å². The Morgan fingerprint density at radius 2 is 1.93 bits per heavy atom. The molecule has 1 aromatic carbocycles. The van der Waals surface area contributed by atoms with E-state index in [0.29, 0.717) is 17.1 Å². The third kappa shape index (κ3) is 1.35. The summed E-state index contributed by atoms with van der Waals surface area (Å²) in [7, 11) is 0.634. The number of sulfone groups is 1. The van der Waals surface area contributed by atoms with Gasteiger partial charge in [0, 0.05) is 13.6 Å². The number of hydrogen-bond donors (Lipinski definition) is 0. The zero-order valence-corrected chi connectivity index (χ0v) is 9.71. The van der Waals surface area contributed by atoms with E-state index in [1.807, 2.05) is 6.07 Å². The highest BCUT2D eigenvalue weighted by Gasteiger charge is 2.42. The minimum atomic E-state index is -3.23. The van der Waals surface area contributed by atoms with Crippen molar-refractivity contribution in [3.63, 3.8) is 0 Å². The van der Waals surface area contributed by atoms with Crippen LogP contribution in [0.4, 0.5) is 5.69 Å². The van der Waals surface area contributed by atoms with E-state index in [1.54, 1.807) is 36.9 Å². The third-order valence-corrected chi connectivity index (χ3v) is 5.30. The summed E-state index contributed by atoms with van der Waals surface area (Å²) in [5, 5.41) is 0. The predicted molar refractivity (Wildman–Crippen MR) is 60.4 cm³/mol. The second kappa shape index (κ2) is 2.98. The van der Waals surface area contributed by atoms with Crippen molar-refractivity contribution in [2.75, 3.05) is 11.4 Å². The molecule has 81 valence electrons. The molecule has 0 amide bonds. The highest BCUT2D eigenvalue weighted by atomic mass is 32.2. The standard InChI is InChI=1S/C11H14NO2S/c1-11(2)8-12(3)9-6-4-5-7-10(9)15(11,13)14/h4-7H,3,8H2,1-2H3. The quantitative estimate of drug-likeness (QED) is 0.675. The molecular formula is C11H14NO2S. The van der Waals surface area contributed by atoms with E-state index >= 15 is 0 Å². The second-order valence-corrected chi connectivity index (χ2v) is 6.98. The average Bonchev–Trinajstić information content (AvgIpc) is 2.15. The largest absolute Gasteiger partial charge is 0.367 e. The summed E-state index contributed by atoms with van der Waals surface area (Å²) in [6.07, 6.45) is 0. The molecule has 2 rings (SSSR count). The molecule has 1 heterocycles. The van der Waals surface area contributed by atoms with Crippen LogP contribution in [0, 0.1) is 7.05 Å². The van der Waals surface area contributed by atoms with Gasteiger partial charge in [-0.2, -0.15) is 0 Å². The van der Waals surface area contributed by atoms with Gasteiger partial charge in [0.2, 0.25) is 0 Å². The maximum Gasteiger partial charge on any atom is 0.187 e. The lowest BCUT2D eigenvalue weighted by Gasteiger charge is -2.37. The van der Waals surface area contributed by atoms with E-state index in [0.717, 1.165) is 0 Å². The molecule has 4 heteroatoms. The smallest absolute Gasteiger partial charge is 0.187 e. The van der Waals surface area contributed by atoms with Crippen LogP contribution >= 0.6 is 0 Å². The van der Waals surface area contributed by atoms with Crippen molar-refractivity contribution in [3.8, 4) is 0 Å². The number of para-hydroxylation sites is 1. The fourth-order valence-electron chi connectivity index (χ4n) is 1.87. The summed E-state index contributed by atoms with van der Waals surface area (Å²) < 4.78 is 23.7. The molecule has 1 aliphatic heterocycles. The molecule has 0 atom stereocenters. The molecule has 0 aromatic heterocycles. The minimum absolute atomic E-state index is 0.385. The Balaban J connectivity index is 2.74. The number of anilines is 1. The van der Waals surface area contributed by atoms with Gasteiger partial charge < -0.3 is 4.90 Å². The fraction of sp³-hybridized carbons (Fsp3) is 0.364. The van der Waals surface area contributed by atoms with Gasteiger partial charge in [0.1, 0.15) is 0 Å². The van der Waals surface area contributed by atoms with Gasteiger partial charge in [-0.25, -0.2) is 8.42 Å².